The number of nitriles is 1. The van der Waals surface area contributed by atoms with E-state index in [1.165, 1.54) is 18.2 Å². The molecule has 3 aliphatic heterocycles. The third-order valence-corrected chi connectivity index (χ3v) is 9.08. The summed E-state index contributed by atoms with van der Waals surface area (Å²) in [6.07, 6.45) is 3.73. The summed E-state index contributed by atoms with van der Waals surface area (Å²) in [5.41, 5.74) is 7.57. The molecule has 236 valence electrons. The predicted octanol–water partition coefficient (Wildman–Crippen LogP) is 3.80. The van der Waals surface area contributed by atoms with Crippen LogP contribution in [0.1, 0.15) is 41.7 Å². The molecule has 3 fully saturated rings. The number of halogens is 1. The molecule has 0 aliphatic carbocycles. The Morgan fingerprint density at radius 2 is 1.69 bits per heavy atom. The van der Waals surface area contributed by atoms with Crippen molar-refractivity contribution >= 4 is 28.9 Å². The summed E-state index contributed by atoms with van der Waals surface area (Å²) in [6.45, 7) is 7.72. The Kier molecular flexibility index (Phi) is 9.39. The van der Waals surface area contributed by atoms with Gasteiger partial charge < -0.3 is 30.9 Å². The van der Waals surface area contributed by atoms with E-state index in [1.807, 2.05) is 18.2 Å². The first-order valence-corrected chi connectivity index (χ1v) is 15.7. The van der Waals surface area contributed by atoms with E-state index in [0.717, 1.165) is 70.6 Å². The highest BCUT2D eigenvalue weighted by Crippen LogP contribution is 2.34. The lowest BCUT2D eigenvalue weighted by Crippen LogP contribution is -2.52. The number of nitrogens with one attached hydrogen (secondary N) is 2. The van der Waals surface area contributed by atoms with E-state index in [1.54, 1.807) is 0 Å². The van der Waals surface area contributed by atoms with Gasteiger partial charge in [0.1, 0.15) is 11.5 Å². The zero-order chi connectivity index (χ0) is 31.3. The summed E-state index contributed by atoms with van der Waals surface area (Å²) in [5, 5.41) is 16.3. The monoisotopic (exact) mass is 613 g/mol. The SMILES string of the molecule is CN1CCN(C2CCN(c3ccc(Nc4nc(NC5CCOCC5)c(-c5c(F)cccc5C#N)nc4C(N)=O)cc3)CC2)CC1. The van der Waals surface area contributed by atoms with Crippen molar-refractivity contribution in [3.8, 4) is 17.3 Å². The van der Waals surface area contributed by atoms with Crippen LogP contribution in [-0.4, -0.2) is 97.3 Å². The molecule has 0 atom stereocenters. The maximum Gasteiger partial charge on any atom is 0.271 e. The average molecular weight is 614 g/mol. The number of primary amides is 1. The van der Waals surface area contributed by atoms with Gasteiger partial charge in [-0.2, -0.15) is 5.26 Å². The first-order chi connectivity index (χ1) is 21.9. The Labute approximate surface area is 263 Å². The molecule has 1 aromatic heterocycles. The molecule has 0 radical (unpaired) electrons. The number of carbonyl (C=O) groups is 1. The number of ether oxygens (including phenoxy) is 1. The number of nitrogens with two attached hydrogens (primary N) is 1. The number of amides is 1. The molecule has 4 N–H and O–H groups in total. The number of carbonyl (C=O) groups excluding carboxylic acids is 1. The molecule has 1 amide bonds. The fraction of sp³-hybridized carbons (Fsp3) is 0.455. The molecule has 0 unspecified atom stereocenters. The van der Waals surface area contributed by atoms with Crippen LogP contribution in [-0.2, 0) is 4.74 Å². The van der Waals surface area contributed by atoms with Crippen molar-refractivity contribution in [3.63, 3.8) is 0 Å². The molecule has 45 heavy (non-hydrogen) atoms. The van der Waals surface area contributed by atoms with Crippen LogP contribution in [0, 0.1) is 17.1 Å². The lowest BCUT2D eigenvalue weighted by molar-refractivity contribution is 0.0904. The third-order valence-electron chi connectivity index (χ3n) is 9.08. The lowest BCUT2D eigenvalue weighted by Gasteiger charge is -2.42. The van der Waals surface area contributed by atoms with Crippen molar-refractivity contribution in [3.05, 3.63) is 59.5 Å². The quantitative estimate of drug-likeness (QED) is 0.344. The highest BCUT2D eigenvalue weighted by atomic mass is 19.1. The second-order valence-electron chi connectivity index (χ2n) is 12.0. The van der Waals surface area contributed by atoms with Crippen molar-refractivity contribution in [2.75, 3.05) is 75.1 Å². The van der Waals surface area contributed by atoms with Gasteiger partial charge in [0.05, 0.1) is 17.2 Å². The zero-order valence-corrected chi connectivity index (χ0v) is 25.6. The number of aromatic nitrogens is 2. The Morgan fingerprint density at radius 1 is 0.978 bits per heavy atom. The highest BCUT2D eigenvalue weighted by molar-refractivity contribution is 5.98. The van der Waals surface area contributed by atoms with Crippen LogP contribution >= 0.6 is 0 Å². The van der Waals surface area contributed by atoms with E-state index >= 15 is 4.39 Å². The van der Waals surface area contributed by atoms with E-state index in [0.29, 0.717) is 24.9 Å². The number of hydrogen-bond donors (Lipinski definition) is 3. The first-order valence-electron chi connectivity index (χ1n) is 15.7. The molecule has 0 spiro atoms. The van der Waals surface area contributed by atoms with Gasteiger partial charge in [-0.25, -0.2) is 14.4 Å². The second kappa shape index (κ2) is 13.8. The van der Waals surface area contributed by atoms with Crippen LogP contribution in [0.4, 0.5) is 27.4 Å². The minimum Gasteiger partial charge on any atom is -0.381 e. The van der Waals surface area contributed by atoms with E-state index in [2.05, 4.69) is 49.5 Å². The molecule has 3 aromatic rings. The number of hydrogen-bond acceptors (Lipinski definition) is 10. The predicted molar refractivity (Wildman–Crippen MR) is 172 cm³/mol. The molecular formula is C33H40FN9O2. The number of anilines is 4. The van der Waals surface area contributed by atoms with E-state index in [-0.39, 0.29) is 40.2 Å². The van der Waals surface area contributed by atoms with Crippen molar-refractivity contribution in [2.24, 2.45) is 5.73 Å². The number of nitrogens with zero attached hydrogens (tertiary/aromatic N) is 6. The van der Waals surface area contributed by atoms with Gasteiger partial charge in [0.2, 0.25) is 0 Å². The van der Waals surface area contributed by atoms with Crippen molar-refractivity contribution in [1.82, 2.24) is 19.8 Å². The third kappa shape index (κ3) is 7.01. The van der Waals surface area contributed by atoms with Gasteiger partial charge in [-0.05, 0) is 69.1 Å². The molecule has 0 saturated carbocycles. The van der Waals surface area contributed by atoms with Crippen LogP contribution in [0.3, 0.4) is 0 Å². The highest BCUT2D eigenvalue weighted by Gasteiger charge is 2.28. The van der Waals surface area contributed by atoms with Gasteiger partial charge in [0, 0.05) is 75.9 Å². The van der Waals surface area contributed by atoms with Crippen molar-refractivity contribution in [2.45, 2.75) is 37.8 Å². The summed E-state index contributed by atoms with van der Waals surface area (Å²) in [6, 6.07) is 14.9. The standard InChI is InChI=1S/C33H40FN9O2/c1-41-15-17-43(18-16-41)26-9-13-42(14-10-26)25-7-5-23(6-8-25)37-33-30(31(36)44)39-29(28-22(21-35)3-2-4-27(28)34)32(40-33)38-24-11-19-45-20-12-24/h2-8,24,26H,9-20H2,1H3,(H2,36,44)(H2,37,38,40). The van der Waals surface area contributed by atoms with Gasteiger partial charge in [-0.3, -0.25) is 9.69 Å². The summed E-state index contributed by atoms with van der Waals surface area (Å²) in [4.78, 5) is 29.3. The molecule has 6 rings (SSSR count). The summed E-state index contributed by atoms with van der Waals surface area (Å²) >= 11 is 0. The maximum absolute atomic E-state index is 15.2. The molecule has 3 aliphatic rings. The first kappa shape index (κ1) is 30.7. The molecular weight excluding hydrogens is 573 g/mol. The average Bonchev–Trinajstić information content (AvgIpc) is 3.06. The Balaban J connectivity index is 1.23. The lowest BCUT2D eigenvalue weighted by atomic mass is 10.0. The Morgan fingerprint density at radius 3 is 2.36 bits per heavy atom. The molecule has 4 heterocycles. The van der Waals surface area contributed by atoms with Crippen LogP contribution < -0.4 is 21.3 Å². The summed E-state index contributed by atoms with van der Waals surface area (Å²) < 4.78 is 20.7. The van der Waals surface area contributed by atoms with E-state index in [4.69, 9.17) is 15.5 Å². The minimum atomic E-state index is -0.821. The Hall–Kier alpha value is -4.31. The van der Waals surface area contributed by atoms with E-state index < -0.39 is 11.7 Å². The van der Waals surface area contributed by atoms with Crippen molar-refractivity contribution < 1.29 is 13.9 Å². The van der Waals surface area contributed by atoms with Crippen LogP contribution in [0.2, 0.25) is 0 Å². The number of piperazine rings is 1. The molecule has 3 saturated heterocycles. The maximum atomic E-state index is 15.2. The number of likely N-dealkylation sites (N-methyl/N-ethyl adjacent to an activating group) is 1. The van der Waals surface area contributed by atoms with Crippen LogP contribution in [0.25, 0.3) is 11.3 Å². The van der Waals surface area contributed by atoms with Crippen LogP contribution in [0.5, 0.6) is 0 Å². The largest absolute Gasteiger partial charge is 0.381 e. The molecule has 2 aromatic carbocycles. The normalized spacial score (nSPS) is 18.8. The fourth-order valence-corrected chi connectivity index (χ4v) is 6.43. The minimum absolute atomic E-state index is 0.00365. The Bertz CT molecular complexity index is 1540. The second-order valence-corrected chi connectivity index (χ2v) is 12.0. The number of piperidine rings is 1. The summed E-state index contributed by atoms with van der Waals surface area (Å²) in [7, 11) is 2.19. The number of rotatable bonds is 8. The van der Waals surface area contributed by atoms with Gasteiger partial charge in [0.25, 0.3) is 5.91 Å². The summed E-state index contributed by atoms with van der Waals surface area (Å²) in [5.74, 6) is -1.05. The fourth-order valence-electron chi connectivity index (χ4n) is 6.43. The van der Waals surface area contributed by atoms with Crippen molar-refractivity contribution in [1.29, 1.82) is 5.26 Å². The molecule has 0 bridgehead atoms. The van der Waals surface area contributed by atoms with Gasteiger partial charge in [0.15, 0.2) is 17.3 Å². The molecule has 11 nitrogen and oxygen atoms in total. The van der Waals surface area contributed by atoms with Gasteiger partial charge >= 0.3 is 0 Å². The van der Waals surface area contributed by atoms with Gasteiger partial charge in [-0.15, -0.1) is 0 Å². The van der Waals surface area contributed by atoms with Crippen LogP contribution in [0.15, 0.2) is 42.5 Å². The van der Waals surface area contributed by atoms with Gasteiger partial charge in [-0.1, -0.05) is 6.07 Å². The zero-order valence-electron chi connectivity index (χ0n) is 25.6. The van der Waals surface area contributed by atoms with E-state index in [9.17, 15) is 10.1 Å². The smallest absolute Gasteiger partial charge is 0.271 e. The number of benzene rings is 2. The molecule has 12 heteroatoms. The topological polar surface area (TPSA) is 136 Å².